The SMILES string of the molecule is CC(N1CCOCC1)C(C(N)=O)(c1ccccc1)c1cncnc1. The summed E-state index contributed by atoms with van der Waals surface area (Å²) in [6.07, 6.45) is 4.82. The van der Waals surface area contributed by atoms with Gasteiger partial charge in [0.05, 0.1) is 13.2 Å². The van der Waals surface area contributed by atoms with Gasteiger partial charge in [-0.15, -0.1) is 0 Å². The van der Waals surface area contributed by atoms with Gasteiger partial charge in [-0.25, -0.2) is 9.97 Å². The van der Waals surface area contributed by atoms with Crippen LogP contribution in [0, 0.1) is 0 Å². The number of benzene rings is 1. The van der Waals surface area contributed by atoms with Gasteiger partial charge in [0.15, 0.2) is 0 Å². The second-order valence-electron chi connectivity index (χ2n) is 5.99. The van der Waals surface area contributed by atoms with Gasteiger partial charge in [0, 0.05) is 37.1 Å². The van der Waals surface area contributed by atoms with E-state index < -0.39 is 11.3 Å². The van der Waals surface area contributed by atoms with Crippen molar-refractivity contribution >= 4 is 5.91 Å². The molecule has 0 spiro atoms. The van der Waals surface area contributed by atoms with Crippen LogP contribution in [0.1, 0.15) is 18.1 Å². The highest BCUT2D eigenvalue weighted by molar-refractivity contribution is 5.91. The topological polar surface area (TPSA) is 81.3 Å². The van der Waals surface area contributed by atoms with Gasteiger partial charge in [-0.1, -0.05) is 30.3 Å². The Hall–Kier alpha value is -2.31. The number of ether oxygens (including phenoxy) is 1. The maximum absolute atomic E-state index is 12.8. The summed E-state index contributed by atoms with van der Waals surface area (Å²) in [7, 11) is 0. The van der Waals surface area contributed by atoms with Crippen molar-refractivity contribution in [3.8, 4) is 0 Å². The first-order chi connectivity index (χ1) is 11.7. The fourth-order valence-electron chi connectivity index (χ4n) is 3.58. The maximum Gasteiger partial charge on any atom is 0.234 e. The fourth-order valence-corrected chi connectivity index (χ4v) is 3.58. The van der Waals surface area contributed by atoms with E-state index in [-0.39, 0.29) is 6.04 Å². The first-order valence-corrected chi connectivity index (χ1v) is 8.10. The summed E-state index contributed by atoms with van der Waals surface area (Å²) in [4.78, 5) is 23.3. The predicted molar refractivity (Wildman–Crippen MR) is 90.3 cm³/mol. The second-order valence-corrected chi connectivity index (χ2v) is 5.99. The quantitative estimate of drug-likeness (QED) is 0.885. The van der Waals surface area contributed by atoms with Gasteiger partial charge >= 0.3 is 0 Å². The van der Waals surface area contributed by atoms with Crippen molar-refractivity contribution < 1.29 is 9.53 Å². The molecule has 1 saturated heterocycles. The Balaban J connectivity index is 2.17. The first-order valence-electron chi connectivity index (χ1n) is 8.10. The van der Waals surface area contributed by atoms with Gasteiger partial charge in [-0.2, -0.15) is 0 Å². The van der Waals surface area contributed by atoms with Crippen molar-refractivity contribution in [3.63, 3.8) is 0 Å². The number of amides is 1. The number of hydrogen-bond acceptors (Lipinski definition) is 5. The number of carbonyl (C=O) groups excluding carboxylic acids is 1. The van der Waals surface area contributed by atoms with E-state index >= 15 is 0 Å². The molecule has 1 aliphatic rings. The Morgan fingerprint density at radius 2 is 1.79 bits per heavy atom. The standard InChI is InChI=1S/C18H22N4O2/c1-14(22-7-9-24-10-8-22)18(17(19)23,15-5-3-2-4-6-15)16-11-20-13-21-12-16/h2-6,11-14H,7-10H2,1H3,(H2,19,23). The van der Waals surface area contributed by atoms with Crippen LogP contribution in [-0.2, 0) is 14.9 Å². The summed E-state index contributed by atoms with van der Waals surface area (Å²) in [6, 6.07) is 9.50. The molecule has 2 aromatic rings. The molecule has 6 heteroatoms. The number of rotatable bonds is 5. The lowest BCUT2D eigenvalue weighted by Crippen LogP contribution is -2.59. The largest absolute Gasteiger partial charge is 0.379 e. The van der Waals surface area contributed by atoms with Crippen LogP contribution < -0.4 is 5.73 Å². The fraction of sp³-hybridized carbons (Fsp3) is 0.389. The highest BCUT2D eigenvalue weighted by Crippen LogP contribution is 2.37. The molecule has 1 aromatic heterocycles. The first kappa shape index (κ1) is 16.5. The minimum atomic E-state index is -1.01. The van der Waals surface area contributed by atoms with Crippen LogP contribution in [0.2, 0.25) is 0 Å². The average Bonchev–Trinajstić information content (AvgIpc) is 2.64. The third kappa shape index (κ3) is 2.79. The number of carbonyl (C=O) groups is 1. The number of aromatic nitrogens is 2. The molecule has 2 unspecified atom stereocenters. The molecule has 0 aliphatic carbocycles. The Labute approximate surface area is 141 Å². The van der Waals surface area contributed by atoms with Crippen molar-refractivity contribution in [1.29, 1.82) is 0 Å². The van der Waals surface area contributed by atoms with Crippen molar-refractivity contribution in [2.45, 2.75) is 18.4 Å². The summed E-state index contributed by atoms with van der Waals surface area (Å²) in [5.74, 6) is -0.400. The van der Waals surface area contributed by atoms with E-state index in [1.807, 2.05) is 37.3 Å². The monoisotopic (exact) mass is 326 g/mol. The van der Waals surface area contributed by atoms with E-state index in [1.165, 1.54) is 6.33 Å². The summed E-state index contributed by atoms with van der Waals surface area (Å²) in [5.41, 5.74) is 6.54. The van der Waals surface area contributed by atoms with E-state index in [9.17, 15) is 4.79 Å². The zero-order valence-corrected chi connectivity index (χ0v) is 13.8. The average molecular weight is 326 g/mol. The highest BCUT2D eigenvalue weighted by atomic mass is 16.5. The summed E-state index contributed by atoms with van der Waals surface area (Å²) in [6.45, 7) is 4.86. The summed E-state index contributed by atoms with van der Waals surface area (Å²) >= 11 is 0. The zero-order valence-electron chi connectivity index (χ0n) is 13.8. The minimum Gasteiger partial charge on any atom is -0.379 e. The Kier molecular flexibility index (Phi) is 4.87. The Bertz CT molecular complexity index is 632. The molecular weight excluding hydrogens is 304 g/mol. The molecule has 1 amide bonds. The van der Waals surface area contributed by atoms with Gasteiger partial charge in [0.2, 0.25) is 5.91 Å². The molecule has 3 rings (SSSR count). The summed E-state index contributed by atoms with van der Waals surface area (Å²) < 4.78 is 5.45. The van der Waals surface area contributed by atoms with E-state index in [4.69, 9.17) is 10.5 Å². The highest BCUT2D eigenvalue weighted by Gasteiger charge is 2.48. The molecule has 0 saturated carbocycles. The van der Waals surface area contributed by atoms with Crippen LogP contribution in [0.25, 0.3) is 0 Å². The van der Waals surface area contributed by atoms with Gasteiger partial charge in [-0.05, 0) is 12.5 Å². The third-order valence-electron chi connectivity index (χ3n) is 4.85. The lowest BCUT2D eigenvalue weighted by atomic mass is 9.69. The van der Waals surface area contributed by atoms with Crippen LogP contribution in [0.3, 0.4) is 0 Å². The molecule has 6 nitrogen and oxygen atoms in total. The molecule has 1 fully saturated rings. The molecule has 24 heavy (non-hydrogen) atoms. The number of hydrogen-bond donors (Lipinski definition) is 1. The van der Waals surface area contributed by atoms with Crippen LogP contribution >= 0.6 is 0 Å². The van der Waals surface area contributed by atoms with E-state index in [0.29, 0.717) is 18.8 Å². The number of primary amides is 1. The third-order valence-corrected chi connectivity index (χ3v) is 4.85. The predicted octanol–water partition coefficient (Wildman–Crippen LogP) is 0.969. The Morgan fingerprint density at radius 3 is 2.38 bits per heavy atom. The normalized spacial score (nSPS) is 19.4. The molecular formula is C18H22N4O2. The van der Waals surface area contributed by atoms with Crippen LogP contribution in [0.4, 0.5) is 0 Å². The zero-order chi connectivity index (χ0) is 17.0. The molecule has 2 heterocycles. The van der Waals surface area contributed by atoms with Crippen molar-refractivity contribution in [3.05, 3.63) is 60.2 Å². The van der Waals surface area contributed by atoms with E-state index in [1.54, 1.807) is 12.4 Å². The Morgan fingerprint density at radius 1 is 1.17 bits per heavy atom. The van der Waals surface area contributed by atoms with Crippen LogP contribution in [-0.4, -0.2) is 53.1 Å². The van der Waals surface area contributed by atoms with E-state index in [2.05, 4.69) is 14.9 Å². The van der Waals surface area contributed by atoms with Crippen molar-refractivity contribution in [2.75, 3.05) is 26.3 Å². The molecule has 1 aromatic carbocycles. The van der Waals surface area contributed by atoms with Gasteiger partial charge in [0.1, 0.15) is 11.7 Å². The minimum absolute atomic E-state index is 0.146. The van der Waals surface area contributed by atoms with Gasteiger partial charge in [-0.3, -0.25) is 9.69 Å². The van der Waals surface area contributed by atoms with Crippen molar-refractivity contribution in [2.24, 2.45) is 5.73 Å². The number of nitrogens with zero attached hydrogens (tertiary/aromatic N) is 3. The van der Waals surface area contributed by atoms with Crippen molar-refractivity contribution in [1.82, 2.24) is 14.9 Å². The second kappa shape index (κ2) is 7.07. The number of morpholine rings is 1. The molecule has 0 radical (unpaired) electrons. The molecule has 2 atom stereocenters. The van der Waals surface area contributed by atoms with Crippen LogP contribution in [0.15, 0.2) is 49.1 Å². The van der Waals surface area contributed by atoms with Gasteiger partial charge in [0.25, 0.3) is 0 Å². The van der Waals surface area contributed by atoms with E-state index in [0.717, 1.165) is 18.7 Å². The smallest absolute Gasteiger partial charge is 0.234 e. The lowest BCUT2D eigenvalue weighted by molar-refractivity contribution is -0.125. The number of nitrogens with two attached hydrogens (primary N) is 1. The molecule has 0 bridgehead atoms. The molecule has 1 aliphatic heterocycles. The van der Waals surface area contributed by atoms with Gasteiger partial charge < -0.3 is 10.5 Å². The lowest BCUT2D eigenvalue weighted by Gasteiger charge is -2.44. The maximum atomic E-state index is 12.8. The molecule has 2 N–H and O–H groups in total. The molecule has 126 valence electrons. The van der Waals surface area contributed by atoms with Crippen LogP contribution in [0.5, 0.6) is 0 Å². The summed E-state index contributed by atoms with van der Waals surface area (Å²) in [5, 5.41) is 0.